The monoisotopic (exact) mass is 427 g/mol. The van der Waals surface area contributed by atoms with Crippen molar-refractivity contribution in [3.8, 4) is 0 Å². The number of pyridine rings is 1. The summed E-state index contributed by atoms with van der Waals surface area (Å²) >= 11 is 0. The molecule has 0 amide bonds. The molecule has 0 radical (unpaired) electrons. The molecule has 2 N–H and O–H groups in total. The normalized spacial score (nSPS) is 20.1. The molecule has 0 spiro atoms. The maximum absolute atomic E-state index is 15.4. The van der Waals surface area contributed by atoms with Crippen molar-refractivity contribution in [3.63, 3.8) is 0 Å². The Morgan fingerprint density at radius 1 is 1.30 bits per heavy atom. The number of anilines is 1. The third-order valence-electron chi connectivity index (χ3n) is 5.76. The highest BCUT2D eigenvalue weighted by molar-refractivity contribution is 5.97. The molecule has 1 atom stereocenters. The number of hydrogen-bond acceptors (Lipinski definition) is 4. The van der Waals surface area contributed by atoms with Crippen LogP contribution in [-0.4, -0.2) is 41.3 Å². The van der Waals surface area contributed by atoms with E-state index in [1.807, 2.05) is 0 Å². The third kappa shape index (κ3) is 3.23. The fourth-order valence-corrected chi connectivity index (χ4v) is 4.24. The van der Waals surface area contributed by atoms with Gasteiger partial charge in [-0.1, -0.05) is 0 Å². The standard InChI is InChI=1S/C20H21F4N3O3/c1-9-7-26(6-5-25-9)17-14(20(22,23)24)16-13(10(2)15(17)21)18(28)12(19(29)30)8-27(16)11-3-4-11/h8-9,11,25H,3-7H2,1-2H3,(H,29,30). The summed E-state index contributed by atoms with van der Waals surface area (Å²) < 4.78 is 59.7. The lowest BCUT2D eigenvalue weighted by Crippen LogP contribution is -2.50. The minimum absolute atomic E-state index is 0.143. The molecule has 10 heteroatoms. The fourth-order valence-electron chi connectivity index (χ4n) is 4.24. The van der Waals surface area contributed by atoms with E-state index in [9.17, 15) is 27.9 Å². The largest absolute Gasteiger partial charge is 0.477 e. The molecule has 1 aromatic carbocycles. The zero-order valence-corrected chi connectivity index (χ0v) is 16.4. The minimum atomic E-state index is -4.94. The van der Waals surface area contributed by atoms with Gasteiger partial charge in [-0.3, -0.25) is 4.79 Å². The summed E-state index contributed by atoms with van der Waals surface area (Å²) in [5, 5.41) is 12.0. The summed E-state index contributed by atoms with van der Waals surface area (Å²) in [7, 11) is 0. The number of halogens is 4. The first-order chi connectivity index (χ1) is 14.0. The highest BCUT2D eigenvalue weighted by Gasteiger charge is 2.43. The Kier molecular flexibility index (Phi) is 4.80. The molecule has 30 heavy (non-hydrogen) atoms. The van der Waals surface area contributed by atoms with E-state index < -0.39 is 51.1 Å². The molecule has 1 aromatic heterocycles. The zero-order chi connectivity index (χ0) is 22.0. The number of aromatic nitrogens is 1. The van der Waals surface area contributed by atoms with E-state index in [0.29, 0.717) is 19.4 Å². The van der Waals surface area contributed by atoms with Gasteiger partial charge in [-0.15, -0.1) is 0 Å². The topological polar surface area (TPSA) is 74.6 Å². The first-order valence-corrected chi connectivity index (χ1v) is 9.72. The fraction of sp³-hybridized carbons (Fsp3) is 0.500. The maximum Gasteiger partial charge on any atom is 0.420 e. The summed E-state index contributed by atoms with van der Waals surface area (Å²) in [4.78, 5) is 25.7. The van der Waals surface area contributed by atoms with Crippen LogP contribution in [-0.2, 0) is 6.18 Å². The SMILES string of the molecule is Cc1c(F)c(N2CCNC(C)C2)c(C(F)(F)F)c2c1c(=O)c(C(=O)O)cn2C1CC1. The van der Waals surface area contributed by atoms with E-state index >= 15 is 4.39 Å². The molecule has 0 bridgehead atoms. The number of nitrogens with zero attached hydrogens (tertiary/aromatic N) is 2. The average molecular weight is 427 g/mol. The lowest BCUT2D eigenvalue weighted by Gasteiger charge is -2.36. The van der Waals surface area contributed by atoms with Crippen LogP contribution in [0.25, 0.3) is 10.9 Å². The van der Waals surface area contributed by atoms with Gasteiger partial charge in [-0.2, -0.15) is 13.2 Å². The number of fused-ring (bicyclic) bond motifs is 1. The van der Waals surface area contributed by atoms with Crippen LogP contribution < -0.4 is 15.6 Å². The number of benzene rings is 1. The Labute approximate surface area is 169 Å². The van der Waals surface area contributed by atoms with Crippen molar-refractivity contribution in [1.82, 2.24) is 9.88 Å². The smallest absolute Gasteiger partial charge is 0.420 e. The van der Waals surface area contributed by atoms with E-state index in [1.165, 1.54) is 16.4 Å². The van der Waals surface area contributed by atoms with Gasteiger partial charge in [0, 0.05) is 43.5 Å². The molecule has 1 aliphatic carbocycles. The summed E-state index contributed by atoms with van der Waals surface area (Å²) in [6.07, 6.45) is -2.85. The van der Waals surface area contributed by atoms with Crippen molar-refractivity contribution < 1.29 is 27.5 Å². The first kappa shape index (κ1) is 20.6. The van der Waals surface area contributed by atoms with E-state index in [0.717, 1.165) is 6.20 Å². The Morgan fingerprint density at radius 3 is 2.50 bits per heavy atom. The molecule has 4 rings (SSSR count). The van der Waals surface area contributed by atoms with Crippen molar-refractivity contribution in [1.29, 1.82) is 0 Å². The van der Waals surface area contributed by atoms with Crippen LogP contribution in [0.15, 0.2) is 11.0 Å². The van der Waals surface area contributed by atoms with Crippen LogP contribution in [0.5, 0.6) is 0 Å². The van der Waals surface area contributed by atoms with Crippen LogP contribution >= 0.6 is 0 Å². The lowest BCUT2D eigenvalue weighted by molar-refractivity contribution is -0.136. The van der Waals surface area contributed by atoms with Gasteiger partial charge in [0.25, 0.3) is 0 Å². The second kappa shape index (κ2) is 6.97. The molecule has 1 saturated carbocycles. The number of carboxylic acids is 1. The van der Waals surface area contributed by atoms with Crippen molar-refractivity contribution in [2.24, 2.45) is 0 Å². The number of aryl methyl sites for hydroxylation is 1. The summed E-state index contributed by atoms with van der Waals surface area (Å²) in [6.45, 7) is 3.77. The van der Waals surface area contributed by atoms with Gasteiger partial charge in [-0.25, -0.2) is 9.18 Å². The molecular weight excluding hydrogens is 406 g/mol. The average Bonchev–Trinajstić information content (AvgIpc) is 3.48. The highest BCUT2D eigenvalue weighted by atomic mass is 19.4. The number of piperazine rings is 1. The van der Waals surface area contributed by atoms with Gasteiger partial charge in [0.15, 0.2) is 5.82 Å². The number of carboxylic acid groups (broad SMARTS) is 1. The number of hydrogen-bond donors (Lipinski definition) is 2. The molecule has 2 aliphatic rings. The molecule has 2 heterocycles. The summed E-state index contributed by atoms with van der Waals surface area (Å²) in [5.41, 5.74) is -4.24. The van der Waals surface area contributed by atoms with Gasteiger partial charge < -0.3 is 19.9 Å². The molecule has 6 nitrogen and oxygen atoms in total. The number of aromatic carboxylic acids is 1. The second-order valence-electron chi connectivity index (χ2n) is 8.00. The second-order valence-corrected chi connectivity index (χ2v) is 8.00. The van der Waals surface area contributed by atoms with Crippen LogP contribution in [0.2, 0.25) is 0 Å². The molecule has 1 aliphatic heterocycles. The van der Waals surface area contributed by atoms with Crippen molar-refractivity contribution in [2.75, 3.05) is 24.5 Å². The van der Waals surface area contributed by atoms with Gasteiger partial charge in [0.05, 0.1) is 16.6 Å². The van der Waals surface area contributed by atoms with Crippen LogP contribution in [0.4, 0.5) is 23.2 Å². The van der Waals surface area contributed by atoms with E-state index in [4.69, 9.17) is 0 Å². The first-order valence-electron chi connectivity index (χ1n) is 9.72. The van der Waals surface area contributed by atoms with E-state index in [-0.39, 0.29) is 30.7 Å². The van der Waals surface area contributed by atoms with Crippen LogP contribution in [0.3, 0.4) is 0 Å². The number of carbonyl (C=O) groups is 1. The molecule has 1 unspecified atom stereocenters. The summed E-state index contributed by atoms with van der Waals surface area (Å²) in [6, 6.07) is -0.498. The maximum atomic E-state index is 15.4. The molecule has 1 saturated heterocycles. The van der Waals surface area contributed by atoms with Gasteiger partial charge in [0.2, 0.25) is 5.43 Å². The third-order valence-corrected chi connectivity index (χ3v) is 5.76. The van der Waals surface area contributed by atoms with Gasteiger partial charge in [0.1, 0.15) is 11.1 Å². The highest BCUT2D eigenvalue weighted by Crippen LogP contribution is 2.47. The predicted molar refractivity (Wildman–Crippen MR) is 103 cm³/mol. The Balaban J connectivity index is 2.18. The predicted octanol–water partition coefficient (Wildman–Crippen LogP) is 3.30. The Morgan fingerprint density at radius 2 is 1.97 bits per heavy atom. The lowest BCUT2D eigenvalue weighted by atomic mass is 9.97. The van der Waals surface area contributed by atoms with Crippen LogP contribution in [0, 0.1) is 12.7 Å². The molecular formula is C20H21F4N3O3. The van der Waals surface area contributed by atoms with Gasteiger partial charge in [-0.05, 0) is 26.7 Å². The summed E-state index contributed by atoms with van der Waals surface area (Å²) in [5.74, 6) is -2.68. The van der Waals surface area contributed by atoms with Crippen molar-refractivity contribution in [2.45, 2.75) is 44.9 Å². The number of rotatable bonds is 3. The molecule has 162 valence electrons. The zero-order valence-electron chi connectivity index (χ0n) is 16.4. The van der Waals surface area contributed by atoms with E-state index in [2.05, 4.69) is 5.32 Å². The van der Waals surface area contributed by atoms with Crippen molar-refractivity contribution >= 4 is 22.6 Å². The quantitative estimate of drug-likeness (QED) is 0.736. The minimum Gasteiger partial charge on any atom is -0.477 e. The molecule has 2 aromatic rings. The van der Waals surface area contributed by atoms with Gasteiger partial charge >= 0.3 is 12.1 Å². The number of nitrogens with one attached hydrogen (secondary N) is 1. The Hall–Kier alpha value is -2.62. The molecule has 2 fully saturated rings. The Bertz CT molecular complexity index is 1110. The van der Waals surface area contributed by atoms with E-state index in [1.54, 1.807) is 6.92 Å². The number of alkyl halides is 3. The van der Waals surface area contributed by atoms with Crippen molar-refractivity contribution in [3.05, 3.63) is 38.9 Å². The van der Waals surface area contributed by atoms with Crippen LogP contribution in [0.1, 0.15) is 47.3 Å².